The Labute approximate surface area is 104 Å². The van der Waals surface area contributed by atoms with Crippen molar-refractivity contribution in [2.45, 2.75) is 6.54 Å². The van der Waals surface area contributed by atoms with E-state index in [2.05, 4.69) is 21.2 Å². The average molecular weight is 290 g/mol. The Hall–Kier alpha value is -0.780. The maximum Gasteiger partial charge on any atom is 0.161 e. The zero-order chi connectivity index (χ0) is 12.0. The minimum Gasteiger partial charge on any atom is -0.493 e. The minimum absolute atomic E-state index is 0.130. The van der Waals surface area contributed by atoms with Crippen LogP contribution in [-0.4, -0.2) is 32.5 Å². The van der Waals surface area contributed by atoms with Gasteiger partial charge in [0.2, 0.25) is 0 Å². The fourth-order valence-electron chi connectivity index (χ4n) is 1.33. The molecule has 0 radical (unpaired) electrons. The molecule has 4 nitrogen and oxygen atoms in total. The van der Waals surface area contributed by atoms with E-state index in [1.165, 1.54) is 0 Å². The molecule has 0 aliphatic carbocycles. The summed E-state index contributed by atoms with van der Waals surface area (Å²) in [6.45, 7) is 1.37. The van der Waals surface area contributed by atoms with Gasteiger partial charge in [0.25, 0.3) is 0 Å². The van der Waals surface area contributed by atoms with Crippen LogP contribution in [0.25, 0.3) is 0 Å². The van der Waals surface area contributed by atoms with Gasteiger partial charge in [0.05, 0.1) is 20.8 Å². The fourth-order valence-corrected chi connectivity index (χ4v) is 1.80. The molecule has 0 amide bonds. The highest BCUT2D eigenvalue weighted by atomic mass is 79.9. The second-order valence-electron chi connectivity index (χ2n) is 3.20. The Morgan fingerprint density at radius 3 is 2.44 bits per heavy atom. The van der Waals surface area contributed by atoms with Gasteiger partial charge in [-0.2, -0.15) is 0 Å². The standard InChI is InChI=1S/C11H16BrNO3/c1-15-10-5-8(7-13-3-4-14)9(12)6-11(10)16-2/h5-6,13-14H,3-4,7H2,1-2H3. The molecule has 0 unspecified atom stereocenters. The quantitative estimate of drug-likeness (QED) is 0.781. The molecule has 16 heavy (non-hydrogen) atoms. The third kappa shape index (κ3) is 3.37. The van der Waals surface area contributed by atoms with E-state index >= 15 is 0 Å². The molecule has 0 bridgehead atoms. The first-order valence-electron chi connectivity index (χ1n) is 4.95. The molecule has 90 valence electrons. The lowest BCUT2D eigenvalue weighted by Gasteiger charge is -2.12. The monoisotopic (exact) mass is 289 g/mol. The van der Waals surface area contributed by atoms with E-state index in [1.54, 1.807) is 14.2 Å². The van der Waals surface area contributed by atoms with Gasteiger partial charge >= 0.3 is 0 Å². The number of hydrogen-bond donors (Lipinski definition) is 2. The van der Waals surface area contributed by atoms with Gasteiger partial charge in [0.1, 0.15) is 0 Å². The molecule has 1 aromatic rings. The summed E-state index contributed by atoms with van der Waals surface area (Å²) >= 11 is 3.47. The normalized spacial score (nSPS) is 10.2. The summed E-state index contributed by atoms with van der Waals surface area (Å²) in [5.41, 5.74) is 1.06. The van der Waals surface area contributed by atoms with E-state index in [-0.39, 0.29) is 6.61 Å². The van der Waals surface area contributed by atoms with Crippen molar-refractivity contribution < 1.29 is 14.6 Å². The molecule has 0 spiro atoms. The van der Waals surface area contributed by atoms with Crippen LogP contribution in [0.15, 0.2) is 16.6 Å². The van der Waals surface area contributed by atoms with Crippen molar-refractivity contribution in [2.24, 2.45) is 0 Å². The van der Waals surface area contributed by atoms with E-state index in [4.69, 9.17) is 14.6 Å². The number of methoxy groups -OCH3 is 2. The van der Waals surface area contributed by atoms with Crippen LogP contribution in [-0.2, 0) is 6.54 Å². The van der Waals surface area contributed by atoms with E-state index in [0.29, 0.717) is 24.6 Å². The van der Waals surface area contributed by atoms with Gasteiger partial charge in [-0.1, -0.05) is 15.9 Å². The van der Waals surface area contributed by atoms with Crippen LogP contribution in [0, 0.1) is 0 Å². The number of ether oxygens (including phenoxy) is 2. The highest BCUT2D eigenvalue weighted by Crippen LogP contribution is 2.33. The van der Waals surface area contributed by atoms with Crippen LogP contribution in [0.5, 0.6) is 11.5 Å². The highest BCUT2D eigenvalue weighted by Gasteiger charge is 2.08. The molecule has 0 heterocycles. The van der Waals surface area contributed by atoms with Crippen LogP contribution in [0.2, 0.25) is 0 Å². The third-order valence-electron chi connectivity index (χ3n) is 2.16. The van der Waals surface area contributed by atoms with Crippen molar-refractivity contribution in [3.63, 3.8) is 0 Å². The predicted octanol–water partition coefficient (Wildman–Crippen LogP) is 1.55. The smallest absolute Gasteiger partial charge is 0.161 e. The number of benzene rings is 1. The number of rotatable bonds is 6. The second kappa shape index (κ2) is 6.73. The number of aliphatic hydroxyl groups is 1. The molecule has 5 heteroatoms. The number of halogens is 1. The summed E-state index contributed by atoms with van der Waals surface area (Å²) in [6.07, 6.45) is 0. The van der Waals surface area contributed by atoms with Crippen molar-refractivity contribution >= 4 is 15.9 Å². The fraction of sp³-hybridized carbons (Fsp3) is 0.455. The van der Waals surface area contributed by atoms with E-state index in [9.17, 15) is 0 Å². The molecule has 0 saturated heterocycles. The highest BCUT2D eigenvalue weighted by molar-refractivity contribution is 9.10. The van der Waals surface area contributed by atoms with Gasteiger partial charge in [-0.15, -0.1) is 0 Å². The maximum atomic E-state index is 8.68. The number of aliphatic hydroxyl groups excluding tert-OH is 1. The van der Waals surface area contributed by atoms with Crippen LogP contribution in [0.4, 0.5) is 0 Å². The van der Waals surface area contributed by atoms with Gasteiger partial charge in [-0.05, 0) is 17.7 Å². The first-order chi connectivity index (χ1) is 7.72. The van der Waals surface area contributed by atoms with Crippen molar-refractivity contribution in [1.82, 2.24) is 5.32 Å². The SMILES string of the molecule is COc1cc(Br)c(CNCCO)cc1OC. The molecular formula is C11H16BrNO3. The summed E-state index contributed by atoms with van der Waals surface area (Å²) in [4.78, 5) is 0. The van der Waals surface area contributed by atoms with Gasteiger partial charge in [0, 0.05) is 17.6 Å². The van der Waals surface area contributed by atoms with Gasteiger partial charge < -0.3 is 19.9 Å². The van der Waals surface area contributed by atoms with E-state index < -0.39 is 0 Å². The molecule has 0 aliphatic heterocycles. The first-order valence-corrected chi connectivity index (χ1v) is 5.74. The van der Waals surface area contributed by atoms with E-state index in [1.807, 2.05) is 12.1 Å². The Bertz CT molecular complexity index is 344. The third-order valence-corrected chi connectivity index (χ3v) is 2.89. The molecule has 1 aromatic carbocycles. The minimum atomic E-state index is 0.130. The Morgan fingerprint density at radius 2 is 1.88 bits per heavy atom. The Morgan fingerprint density at radius 1 is 1.25 bits per heavy atom. The molecule has 2 N–H and O–H groups in total. The van der Waals surface area contributed by atoms with Gasteiger partial charge in [-0.3, -0.25) is 0 Å². The van der Waals surface area contributed by atoms with Gasteiger partial charge in [-0.25, -0.2) is 0 Å². The van der Waals surface area contributed by atoms with Crippen molar-refractivity contribution in [2.75, 3.05) is 27.4 Å². The summed E-state index contributed by atoms with van der Waals surface area (Å²) < 4.78 is 11.4. The van der Waals surface area contributed by atoms with Crippen molar-refractivity contribution in [1.29, 1.82) is 0 Å². The summed E-state index contributed by atoms with van der Waals surface area (Å²) in [7, 11) is 3.21. The summed E-state index contributed by atoms with van der Waals surface area (Å²) in [6, 6.07) is 3.78. The molecular weight excluding hydrogens is 274 g/mol. The van der Waals surface area contributed by atoms with Gasteiger partial charge in [0.15, 0.2) is 11.5 Å². The number of hydrogen-bond acceptors (Lipinski definition) is 4. The molecule has 0 fully saturated rings. The van der Waals surface area contributed by atoms with Crippen molar-refractivity contribution in [3.05, 3.63) is 22.2 Å². The maximum absolute atomic E-state index is 8.68. The summed E-state index contributed by atoms with van der Waals surface area (Å²) in [5, 5.41) is 11.8. The summed E-state index contributed by atoms with van der Waals surface area (Å²) in [5.74, 6) is 1.40. The zero-order valence-electron chi connectivity index (χ0n) is 9.42. The Balaban J connectivity index is 2.84. The zero-order valence-corrected chi connectivity index (χ0v) is 11.0. The predicted molar refractivity (Wildman–Crippen MR) is 66.0 cm³/mol. The molecule has 0 saturated carbocycles. The Kier molecular flexibility index (Phi) is 5.59. The lowest BCUT2D eigenvalue weighted by Crippen LogP contribution is -2.17. The van der Waals surface area contributed by atoms with Crippen LogP contribution >= 0.6 is 15.9 Å². The molecule has 0 aromatic heterocycles. The van der Waals surface area contributed by atoms with Crippen molar-refractivity contribution in [3.8, 4) is 11.5 Å². The van der Waals surface area contributed by atoms with Crippen LogP contribution in [0.1, 0.15) is 5.56 Å². The number of nitrogens with one attached hydrogen (secondary N) is 1. The average Bonchev–Trinajstić information content (AvgIpc) is 2.31. The van der Waals surface area contributed by atoms with Crippen LogP contribution in [0.3, 0.4) is 0 Å². The lowest BCUT2D eigenvalue weighted by molar-refractivity contribution is 0.292. The second-order valence-corrected chi connectivity index (χ2v) is 4.05. The largest absolute Gasteiger partial charge is 0.493 e. The van der Waals surface area contributed by atoms with E-state index in [0.717, 1.165) is 10.0 Å². The molecule has 0 atom stereocenters. The molecule has 1 rings (SSSR count). The first kappa shape index (κ1) is 13.3. The topological polar surface area (TPSA) is 50.7 Å². The van der Waals surface area contributed by atoms with Crippen LogP contribution < -0.4 is 14.8 Å². The molecule has 0 aliphatic rings. The lowest BCUT2D eigenvalue weighted by atomic mass is 10.2.